The molecular formula is C20H18Cl2N6. The number of aromatic nitrogens is 5. The lowest BCUT2D eigenvalue weighted by Crippen LogP contribution is -2.19. The topological polar surface area (TPSA) is 68.5 Å². The highest BCUT2D eigenvalue weighted by Gasteiger charge is 2.18. The molecule has 2 aromatic heterocycles. The Hall–Kier alpha value is -2.70. The summed E-state index contributed by atoms with van der Waals surface area (Å²) in [6.45, 7) is 2.53. The average molecular weight is 413 g/mol. The van der Waals surface area contributed by atoms with E-state index >= 15 is 0 Å². The number of benzene rings is 2. The van der Waals surface area contributed by atoms with Crippen LogP contribution in [0, 0.1) is 0 Å². The Morgan fingerprint density at radius 3 is 2.50 bits per heavy atom. The Bertz CT molecular complexity index is 1100. The molecule has 1 unspecified atom stereocenters. The number of hydrogen-bond acceptors (Lipinski definition) is 5. The zero-order chi connectivity index (χ0) is 19.5. The smallest absolute Gasteiger partial charge is 0.179 e. The molecule has 142 valence electrons. The van der Waals surface area contributed by atoms with Gasteiger partial charge in [-0.05, 0) is 30.5 Å². The Labute approximate surface area is 172 Å². The molecule has 28 heavy (non-hydrogen) atoms. The van der Waals surface area contributed by atoms with E-state index in [1.165, 1.54) is 5.56 Å². The minimum absolute atomic E-state index is 0.134. The van der Waals surface area contributed by atoms with Crippen molar-refractivity contribution in [2.24, 2.45) is 0 Å². The molecule has 0 radical (unpaired) electrons. The van der Waals surface area contributed by atoms with E-state index in [4.69, 9.17) is 23.2 Å². The number of anilines is 1. The molecule has 0 saturated carbocycles. The number of rotatable bonds is 6. The second-order valence-electron chi connectivity index (χ2n) is 6.61. The standard InChI is InChI=1S/C20H18Cl2N6/c1-13(11-14-7-3-2-4-8-14)23-20-17-18(19(22)25-26-20)28(27-24-17)12-15-9-5-6-10-16(15)21/h2-10,13H,11-12H2,1H3,(H,23,26). The first-order valence-electron chi connectivity index (χ1n) is 8.91. The van der Waals surface area contributed by atoms with Crippen LogP contribution in [0.4, 0.5) is 5.82 Å². The van der Waals surface area contributed by atoms with E-state index in [1.54, 1.807) is 4.68 Å². The monoisotopic (exact) mass is 412 g/mol. The summed E-state index contributed by atoms with van der Waals surface area (Å²) in [5.74, 6) is 0.563. The van der Waals surface area contributed by atoms with Gasteiger partial charge >= 0.3 is 0 Å². The molecule has 4 rings (SSSR count). The highest BCUT2D eigenvalue weighted by Crippen LogP contribution is 2.26. The van der Waals surface area contributed by atoms with Crippen LogP contribution in [-0.4, -0.2) is 31.2 Å². The third kappa shape index (κ3) is 3.93. The third-order valence-electron chi connectivity index (χ3n) is 4.44. The molecule has 2 aromatic carbocycles. The average Bonchev–Trinajstić information content (AvgIpc) is 3.11. The maximum atomic E-state index is 6.31. The van der Waals surface area contributed by atoms with Crippen molar-refractivity contribution < 1.29 is 0 Å². The summed E-state index contributed by atoms with van der Waals surface area (Å²) in [5.41, 5.74) is 3.39. The molecule has 6 nitrogen and oxygen atoms in total. The summed E-state index contributed by atoms with van der Waals surface area (Å²) in [4.78, 5) is 0. The molecule has 2 heterocycles. The summed E-state index contributed by atoms with van der Waals surface area (Å²) in [5, 5.41) is 21.1. The van der Waals surface area contributed by atoms with Crippen molar-refractivity contribution in [1.82, 2.24) is 25.2 Å². The minimum Gasteiger partial charge on any atom is -0.364 e. The van der Waals surface area contributed by atoms with E-state index in [2.05, 4.69) is 44.9 Å². The van der Waals surface area contributed by atoms with Crippen molar-refractivity contribution in [2.45, 2.75) is 25.9 Å². The van der Waals surface area contributed by atoms with Gasteiger partial charge in [0.2, 0.25) is 0 Å². The number of hydrogen-bond donors (Lipinski definition) is 1. The zero-order valence-corrected chi connectivity index (χ0v) is 16.7. The SMILES string of the molecule is CC(Cc1ccccc1)Nc1nnc(Cl)c2c1nnn2Cc1ccccc1Cl. The normalized spacial score (nSPS) is 12.2. The Morgan fingerprint density at radius 1 is 0.964 bits per heavy atom. The fourth-order valence-corrected chi connectivity index (χ4v) is 3.53. The van der Waals surface area contributed by atoms with Gasteiger partial charge in [-0.1, -0.05) is 76.9 Å². The van der Waals surface area contributed by atoms with Crippen LogP contribution in [0.5, 0.6) is 0 Å². The van der Waals surface area contributed by atoms with Crippen LogP contribution in [0.3, 0.4) is 0 Å². The van der Waals surface area contributed by atoms with E-state index in [-0.39, 0.29) is 11.2 Å². The quantitative estimate of drug-likeness (QED) is 0.500. The van der Waals surface area contributed by atoms with Crippen LogP contribution in [0.15, 0.2) is 54.6 Å². The number of nitrogens with zero attached hydrogens (tertiary/aromatic N) is 5. The highest BCUT2D eigenvalue weighted by molar-refractivity contribution is 6.34. The van der Waals surface area contributed by atoms with Crippen molar-refractivity contribution in [2.75, 3.05) is 5.32 Å². The molecule has 4 aromatic rings. The van der Waals surface area contributed by atoms with Crippen molar-refractivity contribution in [3.05, 3.63) is 75.9 Å². The van der Waals surface area contributed by atoms with E-state index in [9.17, 15) is 0 Å². The molecule has 0 aliphatic rings. The Morgan fingerprint density at radius 2 is 1.71 bits per heavy atom. The summed E-state index contributed by atoms with van der Waals surface area (Å²) in [6, 6.07) is 18.0. The molecule has 0 aliphatic heterocycles. The van der Waals surface area contributed by atoms with Gasteiger partial charge in [0, 0.05) is 11.1 Å². The third-order valence-corrected chi connectivity index (χ3v) is 5.06. The van der Waals surface area contributed by atoms with Crippen molar-refractivity contribution in [3.8, 4) is 0 Å². The van der Waals surface area contributed by atoms with Gasteiger partial charge in [-0.25, -0.2) is 4.68 Å². The molecular weight excluding hydrogens is 395 g/mol. The second kappa shape index (κ2) is 8.12. The maximum absolute atomic E-state index is 6.31. The molecule has 0 fully saturated rings. The van der Waals surface area contributed by atoms with Gasteiger partial charge in [-0.15, -0.1) is 15.3 Å². The summed E-state index contributed by atoms with van der Waals surface area (Å²) >= 11 is 12.6. The van der Waals surface area contributed by atoms with Crippen molar-refractivity contribution in [3.63, 3.8) is 0 Å². The minimum atomic E-state index is 0.134. The molecule has 1 N–H and O–H groups in total. The first-order valence-corrected chi connectivity index (χ1v) is 9.66. The van der Waals surface area contributed by atoms with Gasteiger partial charge in [0.25, 0.3) is 0 Å². The molecule has 0 bridgehead atoms. The van der Waals surface area contributed by atoms with Gasteiger partial charge in [0.05, 0.1) is 6.54 Å². The van der Waals surface area contributed by atoms with E-state index in [0.717, 1.165) is 12.0 Å². The van der Waals surface area contributed by atoms with Gasteiger partial charge in [-0.2, -0.15) is 0 Å². The Kier molecular flexibility index (Phi) is 5.41. The molecule has 0 aliphatic carbocycles. The second-order valence-corrected chi connectivity index (χ2v) is 7.38. The first kappa shape index (κ1) is 18.7. The van der Waals surface area contributed by atoms with Crippen LogP contribution in [0.2, 0.25) is 10.2 Å². The van der Waals surface area contributed by atoms with Gasteiger partial charge < -0.3 is 5.32 Å². The van der Waals surface area contributed by atoms with Gasteiger partial charge in [0.1, 0.15) is 5.52 Å². The van der Waals surface area contributed by atoms with E-state index < -0.39 is 0 Å². The van der Waals surface area contributed by atoms with Crippen molar-refractivity contribution in [1.29, 1.82) is 0 Å². The van der Waals surface area contributed by atoms with Crippen LogP contribution in [0.25, 0.3) is 11.0 Å². The largest absolute Gasteiger partial charge is 0.364 e. The number of nitrogens with one attached hydrogen (secondary N) is 1. The molecule has 0 saturated heterocycles. The van der Waals surface area contributed by atoms with Crippen LogP contribution < -0.4 is 5.32 Å². The fraction of sp³-hybridized carbons (Fsp3) is 0.200. The lowest BCUT2D eigenvalue weighted by molar-refractivity contribution is 0.669. The highest BCUT2D eigenvalue weighted by atomic mass is 35.5. The summed E-state index contributed by atoms with van der Waals surface area (Å²) in [7, 11) is 0. The predicted octanol–water partition coefficient (Wildman–Crippen LogP) is 4.62. The molecule has 0 amide bonds. The number of fused-ring (bicyclic) bond motifs is 1. The fourth-order valence-electron chi connectivity index (χ4n) is 3.11. The molecule has 1 atom stereocenters. The van der Waals surface area contributed by atoms with Crippen LogP contribution in [-0.2, 0) is 13.0 Å². The summed E-state index contributed by atoms with van der Waals surface area (Å²) < 4.78 is 1.70. The first-order chi connectivity index (χ1) is 13.6. The maximum Gasteiger partial charge on any atom is 0.179 e. The molecule has 0 spiro atoms. The van der Waals surface area contributed by atoms with Gasteiger partial charge in [-0.3, -0.25) is 0 Å². The lowest BCUT2D eigenvalue weighted by atomic mass is 10.1. The van der Waals surface area contributed by atoms with Crippen LogP contribution in [0.1, 0.15) is 18.1 Å². The van der Waals surface area contributed by atoms with Gasteiger partial charge in [0.15, 0.2) is 16.5 Å². The summed E-state index contributed by atoms with van der Waals surface area (Å²) in [6.07, 6.45) is 0.848. The van der Waals surface area contributed by atoms with E-state index in [0.29, 0.717) is 28.4 Å². The Balaban J connectivity index is 1.61. The predicted molar refractivity (Wildman–Crippen MR) is 112 cm³/mol. The molecule has 8 heteroatoms. The van der Waals surface area contributed by atoms with Crippen molar-refractivity contribution >= 4 is 40.1 Å². The lowest BCUT2D eigenvalue weighted by Gasteiger charge is -2.14. The van der Waals surface area contributed by atoms with E-state index in [1.807, 2.05) is 42.5 Å². The number of halogens is 2. The van der Waals surface area contributed by atoms with Crippen LogP contribution >= 0.6 is 23.2 Å². The zero-order valence-electron chi connectivity index (χ0n) is 15.2.